The van der Waals surface area contributed by atoms with E-state index in [9.17, 15) is 9.59 Å². The van der Waals surface area contributed by atoms with Crippen molar-refractivity contribution >= 4 is 29.0 Å². The number of amides is 1. The zero-order valence-electron chi connectivity index (χ0n) is 19.2. The number of hydrogen-bond acceptors (Lipinski definition) is 8. The second-order valence-electron chi connectivity index (χ2n) is 7.83. The minimum absolute atomic E-state index is 0.0800. The molecular formula is C25H27N5O4. The number of benzene rings is 2. The molecule has 0 unspecified atom stereocenters. The third-order valence-corrected chi connectivity index (χ3v) is 5.57. The molecule has 3 aromatic rings. The van der Waals surface area contributed by atoms with E-state index in [1.165, 1.54) is 26.0 Å². The number of ketones is 1. The number of carbonyl (C=O) groups is 2. The average Bonchev–Trinajstić information content (AvgIpc) is 2.88. The molecule has 1 saturated heterocycles. The molecule has 9 heteroatoms. The lowest BCUT2D eigenvalue weighted by Gasteiger charge is -2.36. The second-order valence-corrected chi connectivity index (χ2v) is 7.83. The van der Waals surface area contributed by atoms with E-state index in [0.717, 1.165) is 32.0 Å². The highest BCUT2D eigenvalue weighted by molar-refractivity contribution is 5.95. The van der Waals surface area contributed by atoms with E-state index in [-0.39, 0.29) is 18.3 Å². The Morgan fingerprint density at radius 1 is 0.941 bits per heavy atom. The maximum atomic E-state index is 12.4. The van der Waals surface area contributed by atoms with Gasteiger partial charge >= 0.3 is 0 Å². The summed E-state index contributed by atoms with van der Waals surface area (Å²) in [4.78, 5) is 37.0. The van der Waals surface area contributed by atoms with E-state index in [1.54, 1.807) is 24.3 Å². The van der Waals surface area contributed by atoms with Gasteiger partial charge in [-0.3, -0.25) is 9.59 Å². The Bertz CT molecular complexity index is 1150. The molecule has 2 heterocycles. The maximum Gasteiger partial charge on any atom is 0.263 e. The summed E-state index contributed by atoms with van der Waals surface area (Å²) < 4.78 is 10.9. The van der Waals surface area contributed by atoms with E-state index in [0.29, 0.717) is 22.9 Å². The first-order chi connectivity index (χ1) is 16.5. The van der Waals surface area contributed by atoms with Crippen molar-refractivity contribution in [2.75, 3.05) is 55.0 Å². The number of carbonyl (C=O) groups excluding carboxylic acids is 2. The highest BCUT2D eigenvalue weighted by Gasteiger charge is 2.19. The van der Waals surface area contributed by atoms with Gasteiger partial charge in [-0.1, -0.05) is 18.2 Å². The van der Waals surface area contributed by atoms with Crippen LogP contribution in [0.3, 0.4) is 0 Å². The number of methoxy groups -OCH3 is 1. The van der Waals surface area contributed by atoms with Crippen molar-refractivity contribution in [1.29, 1.82) is 0 Å². The number of nitrogens with one attached hydrogen (secondary N) is 1. The number of aromatic nitrogens is 2. The lowest BCUT2D eigenvalue weighted by Crippen LogP contribution is -2.46. The molecule has 1 aromatic heterocycles. The molecule has 2 aromatic carbocycles. The van der Waals surface area contributed by atoms with Gasteiger partial charge in [0, 0.05) is 43.5 Å². The third kappa shape index (κ3) is 5.61. The van der Waals surface area contributed by atoms with Crippen LogP contribution in [0.1, 0.15) is 17.3 Å². The number of para-hydroxylation sites is 1. The Morgan fingerprint density at radius 3 is 2.38 bits per heavy atom. The number of rotatable bonds is 8. The largest absolute Gasteiger partial charge is 0.493 e. The van der Waals surface area contributed by atoms with Crippen LogP contribution >= 0.6 is 0 Å². The molecule has 1 aliphatic heterocycles. The molecule has 4 rings (SSSR count). The van der Waals surface area contributed by atoms with Gasteiger partial charge in [-0.05, 0) is 37.3 Å². The van der Waals surface area contributed by atoms with Gasteiger partial charge in [-0.2, -0.15) is 0 Å². The molecule has 0 bridgehead atoms. The normalized spacial score (nSPS) is 13.4. The zero-order chi connectivity index (χ0) is 23.9. The van der Waals surface area contributed by atoms with Gasteiger partial charge in [0.1, 0.15) is 18.0 Å². The van der Waals surface area contributed by atoms with Crippen molar-refractivity contribution in [3.63, 3.8) is 0 Å². The van der Waals surface area contributed by atoms with Gasteiger partial charge in [0.2, 0.25) is 0 Å². The topological polar surface area (TPSA) is 96.9 Å². The highest BCUT2D eigenvalue weighted by Crippen LogP contribution is 2.28. The number of piperazine rings is 1. The molecule has 34 heavy (non-hydrogen) atoms. The van der Waals surface area contributed by atoms with Crippen LogP contribution in [0.2, 0.25) is 0 Å². The molecule has 0 atom stereocenters. The monoisotopic (exact) mass is 461 g/mol. The number of anilines is 3. The van der Waals surface area contributed by atoms with E-state index in [2.05, 4.69) is 37.2 Å². The predicted molar refractivity (Wildman–Crippen MR) is 130 cm³/mol. The summed E-state index contributed by atoms with van der Waals surface area (Å²) in [6.45, 7) is 4.64. The van der Waals surface area contributed by atoms with E-state index < -0.39 is 0 Å². The first-order valence-electron chi connectivity index (χ1n) is 11.0. The first-order valence-corrected chi connectivity index (χ1v) is 11.0. The van der Waals surface area contributed by atoms with Gasteiger partial charge in [0.25, 0.3) is 5.91 Å². The lowest BCUT2D eigenvalue weighted by atomic mass is 10.1. The van der Waals surface area contributed by atoms with Crippen molar-refractivity contribution in [2.24, 2.45) is 0 Å². The summed E-state index contributed by atoms with van der Waals surface area (Å²) in [7, 11) is 1.48. The predicted octanol–water partition coefficient (Wildman–Crippen LogP) is 3.03. The average molecular weight is 462 g/mol. The van der Waals surface area contributed by atoms with Gasteiger partial charge in [0.15, 0.2) is 23.9 Å². The number of ether oxygens (including phenoxy) is 2. The van der Waals surface area contributed by atoms with Crippen LogP contribution in [-0.2, 0) is 4.79 Å². The molecule has 9 nitrogen and oxygen atoms in total. The van der Waals surface area contributed by atoms with Crippen molar-refractivity contribution in [1.82, 2.24) is 9.97 Å². The summed E-state index contributed by atoms with van der Waals surface area (Å²) in [6, 6.07) is 16.9. The maximum absolute atomic E-state index is 12.4. The standard InChI is InChI=1S/C25H27N5O4/c1-18(31)19-8-9-21(22(14-19)33-2)34-16-25(32)28-23-15-24(27-17-26-23)30-12-10-29(11-13-30)20-6-4-3-5-7-20/h3-9,14-15,17H,10-13,16H2,1-2H3,(H,26,27,28,32). The summed E-state index contributed by atoms with van der Waals surface area (Å²) in [5.74, 6) is 1.49. The third-order valence-electron chi connectivity index (χ3n) is 5.57. The van der Waals surface area contributed by atoms with Gasteiger partial charge in [-0.15, -0.1) is 0 Å². The Labute approximate surface area is 198 Å². The molecule has 0 spiro atoms. The Morgan fingerprint density at radius 2 is 1.68 bits per heavy atom. The van der Waals surface area contributed by atoms with Crippen molar-refractivity contribution in [3.05, 3.63) is 66.5 Å². The number of Topliss-reactive ketones (excluding diaryl/α,β-unsaturated/α-hetero) is 1. The van der Waals surface area contributed by atoms with Crippen LogP contribution in [-0.4, -0.2) is 61.6 Å². The molecule has 1 amide bonds. The van der Waals surface area contributed by atoms with Crippen LogP contribution in [0.5, 0.6) is 11.5 Å². The molecule has 0 aliphatic carbocycles. The van der Waals surface area contributed by atoms with Crippen LogP contribution in [0.4, 0.5) is 17.3 Å². The zero-order valence-corrected chi connectivity index (χ0v) is 19.2. The van der Waals surface area contributed by atoms with Gasteiger partial charge in [-0.25, -0.2) is 9.97 Å². The summed E-state index contributed by atoms with van der Waals surface area (Å²) in [5, 5.41) is 2.75. The van der Waals surface area contributed by atoms with Crippen LogP contribution in [0.25, 0.3) is 0 Å². The molecule has 1 fully saturated rings. The Hall–Kier alpha value is -4.14. The fourth-order valence-electron chi connectivity index (χ4n) is 3.75. The summed E-state index contributed by atoms with van der Waals surface area (Å²) in [6.07, 6.45) is 1.44. The Balaban J connectivity index is 1.32. The second kappa shape index (κ2) is 10.7. The fraction of sp³-hybridized carbons (Fsp3) is 0.280. The smallest absolute Gasteiger partial charge is 0.263 e. The van der Waals surface area contributed by atoms with Crippen LogP contribution in [0, 0.1) is 0 Å². The SMILES string of the molecule is COc1cc(C(C)=O)ccc1OCC(=O)Nc1cc(N2CCN(c3ccccc3)CC2)ncn1. The van der Waals surface area contributed by atoms with Gasteiger partial charge < -0.3 is 24.6 Å². The number of nitrogens with zero attached hydrogens (tertiary/aromatic N) is 4. The minimum Gasteiger partial charge on any atom is -0.493 e. The summed E-state index contributed by atoms with van der Waals surface area (Å²) in [5.41, 5.74) is 1.72. The van der Waals surface area contributed by atoms with Crippen molar-refractivity contribution in [2.45, 2.75) is 6.92 Å². The summed E-state index contributed by atoms with van der Waals surface area (Å²) >= 11 is 0. The lowest BCUT2D eigenvalue weighted by molar-refractivity contribution is -0.118. The van der Waals surface area contributed by atoms with Gasteiger partial charge in [0.05, 0.1) is 7.11 Å². The fourth-order valence-corrected chi connectivity index (χ4v) is 3.75. The first kappa shape index (κ1) is 23.0. The highest BCUT2D eigenvalue weighted by atomic mass is 16.5. The van der Waals surface area contributed by atoms with Crippen LogP contribution in [0.15, 0.2) is 60.9 Å². The number of hydrogen-bond donors (Lipinski definition) is 1. The molecular weight excluding hydrogens is 434 g/mol. The molecule has 0 saturated carbocycles. The molecule has 0 radical (unpaired) electrons. The Kier molecular flexibility index (Phi) is 7.22. The quantitative estimate of drug-likeness (QED) is 0.512. The molecule has 176 valence electrons. The molecule has 1 N–H and O–H groups in total. The van der Waals surface area contributed by atoms with Crippen LogP contribution < -0.4 is 24.6 Å². The van der Waals surface area contributed by atoms with Crippen molar-refractivity contribution < 1.29 is 19.1 Å². The van der Waals surface area contributed by atoms with Crippen molar-refractivity contribution in [3.8, 4) is 11.5 Å². The molecule has 1 aliphatic rings. The van der Waals surface area contributed by atoms with E-state index in [4.69, 9.17) is 9.47 Å². The van der Waals surface area contributed by atoms with E-state index in [1.807, 2.05) is 18.2 Å². The minimum atomic E-state index is -0.365. The van der Waals surface area contributed by atoms with E-state index >= 15 is 0 Å².